The monoisotopic (exact) mass is 727 g/mol. The number of amides is 2. The van der Waals surface area contributed by atoms with Crippen molar-refractivity contribution in [1.82, 2.24) is 10.6 Å². The third kappa shape index (κ3) is 33.5. The number of nitrogens with one attached hydrogen (secondary N) is 2. The van der Waals surface area contributed by atoms with Crippen molar-refractivity contribution in [2.24, 2.45) is 11.8 Å². The zero-order valence-corrected chi connectivity index (χ0v) is 35.3. The molecule has 0 rings (SSSR count). The Morgan fingerprint density at radius 1 is 0.471 bits per heavy atom. The summed E-state index contributed by atoms with van der Waals surface area (Å²) in [6.07, 6.45) is 22.9. The van der Waals surface area contributed by atoms with E-state index in [0.717, 1.165) is 116 Å². The van der Waals surface area contributed by atoms with E-state index >= 15 is 0 Å². The summed E-state index contributed by atoms with van der Waals surface area (Å²) >= 11 is 0. The van der Waals surface area contributed by atoms with Gasteiger partial charge in [-0.25, -0.2) is 0 Å². The number of ether oxygens (including phenoxy) is 2. The highest BCUT2D eigenvalue weighted by atomic mass is 16.5. The summed E-state index contributed by atoms with van der Waals surface area (Å²) in [4.78, 5) is 50.3. The summed E-state index contributed by atoms with van der Waals surface area (Å²) in [6.45, 7) is 19.9. The molecule has 2 N–H and O–H groups in total. The smallest absolute Gasteiger partial charge is 0.308 e. The first-order chi connectivity index (χ1) is 24.8. The van der Waals surface area contributed by atoms with Gasteiger partial charge in [0.1, 0.15) is 6.04 Å². The lowest BCUT2D eigenvalue weighted by Crippen LogP contribution is -2.46. The van der Waals surface area contributed by atoms with E-state index in [1.165, 1.54) is 19.3 Å². The average molecular weight is 727 g/mol. The standard InChI is InChI=1S/C39H74N2O6.2C2H6/c1-6-11-14-20-28-34(26-13-8-3)39(45)46-31-22-18-16-15-17-21-30-40-37(43)35(25-10-5)41-36(42)29-23-32-47-38(44)33(24-9-4)27-19-12-7-2;2*1-2/h33-35H,6-32H2,1-5H3,(H,40,43)(H,41,42);2*1-2H3. The van der Waals surface area contributed by atoms with E-state index in [0.29, 0.717) is 26.0 Å². The Morgan fingerprint density at radius 3 is 1.49 bits per heavy atom. The van der Waals surface area contributed by atoms with Crippen LogP contribution in [0.15, 0.2) is 0 Å². The number of unbranched alkanes of at least 4 members (excludes halogenated alkanes) is 11. The summed E-state index contributed by atoms with van der Waals surface area (Å²) < 4.78 is 11.1. The van der Waals surface area contributed by atoms with Crippen LogP contribution < -0.4 is 10.6 Å². The zero-order valence-electron chi connectivity index (χ0n) is 35.3. The van der Waals surface area contributed by atoms with E-state index < -0.39 is 6.04 Å². The summed E-state index contributed by atoms with van der Waals surface area (Å²) in [7, 11) is 0. The van der Waals surface area contributed by atoms with Crippen molar-refractivity contribution in [3.8, 4) is 0 Å². The van der Waals surface area contributed by atoms with Gasteiger partial charge in [0, 0.05) is 13.0 Å². The normalized spacial score (nSPS) is 12.3. The molecule has 2 amide bonds. The van der Waals surface area contributed by atoms with Crippen molar-refractivity contribution >= 4 is 23.8 Å². The fraction of sp³-hybridized carbons (Fsp3) is 0.907. The number of rotatable bonds is 33. The molecule has 8 nitrogen and oxygen atoms in total. The van der Waals surface area contributed by atoms with Crippen LogP contribution in [0.3, 0.4) is 0 Å². The lowest BCUT2D eigenvalue weighted by Gasteiger charge is -2.18. The van der Waals surface area contributed by atoms with Crippen molar-refractivity contribution in [3.05, 3.63) is 0 Å². The van der Waals surface area contributed by atoms with Crippen molar-refractivity contribution in [2.45, 2.75) is 222 Å². The Labute approximate surface area is 316 Å². The molecule has 51 heavy (non-hydrogen) atoms. The van der Waals surface area contributed by atoms with Gasteiger partial charge < -0.3 is 20.1 Å². The molecule has 0 radical (unpaired) electrons. The lowest BCUT2D eigenvalue weighted by molar-refractivity contribution is -0.150. The van der Waals surface area contributed by atoms with Crippen molar-refractivity contribution in [2.75, 3.05) is 19.8 Å². The zero-order chi connectivity index (χ0) is 39.0. The number of hydrogen-bond donors (Lipinski definition) is 2. The Balaban J connectivity index is -0.00000554. The topological polar surface area (TPSA) is 111 Å². The summed E-state index contributed by atoms with van der Waals surface area (Å²) in [6, 6.07) is -0.539. The van der Waals surface area contributed by atoms with Gasteiger partial charge in [-0.3, -0.25) is 19.2 Å². The molecule has 0 spiro atoms. The van der Waals surface area contributed by atoms with E-state index in [1.54, 1.807) is 0 Å². The van der Waals surface area contributed by atoms with Gasteiger partial charge in [-0.2, -0.15) is 0 Å². The number of carbonyl (C=O) groups is 4. The molecule has 0 aliphatic heterocycles. The van der Waals surface area contributed by atoms with Crippen molar-refractivity contribution < 1.29 is 28.7 Å². The van der Waals surface area contributed by atoms with Crippen LogP contribution >= 0.6 is 0 Å². The van der Waals surface area contributed by atoms with Gasteiger partial charge in [-0.05, 0) is 51.4 Å². The fourth-order valence-electron chi connectivity index (χ4n) is 5.92. The second-order valence-electron chi connectivity index (χ2n) is 13.4. The largest absolute Gasteiger partial charge is 0.465 e. The van der Waals surface area contributed by atoms with E-state index in [1.807, 2.05) is 34.6 Å². The van der Waals surface area contributed by atoms with Gasteiger partial charge >= 0.3 is 11.9 Å². The van der Waals surface area contributed by atoms with Crippen LogP contribution in [0.5, 0.6) is 0 Å². The molecule has 0 saturated carbocycles. The minimum atomic E-state index is -0.539. The highest BCUT2D eigenvalue weighted by Crippen LogP contribution is 2.20. The predicted octanol–water partition coefficient (Wildman–Crippen LogP) is 11.4. The first-order valence-electron chi connectivity index (χ1n) is 21.7. The first-order valence-corrected chi connectivity index (χ1v) is 21.7. The van der Waals surface area contributed by atoms with Gasteiger partial charge in [0.2, 0.25) is 11.8 Å². The molecule has 3 unspecified atom stereocenters. The number of carbonyl (C=O) groups excluding carboxylic acids is 4. The number of hydrogen-bond acceptors (Lipinski definition) is 6. The second-order valence-corrected chi connectivity index (χ2v) is 13.4. The quantitative estimate of drug-likeness (QED) is 0.0514. The minimum Gasteiger partial charge on any atom is -0.465 e. The van der Waals surface area contributed by atoms with Crippen LogP contribution in [-0.2, 0) is 28.7 Å². The maximum Gasteiger partial charge on any atom is 0.308 e. The SMILES string of the molecule is CC.CC.CCCCCCC(CCCC)C(=O)OCCCCCCCCNC(=O)C(CCC)NC(=O)CCCOC(=O)C(CCC)CCCCC. The van der Waals surface area contributed by atoms with Crippen LogP contribution in [0.4, 0.5) is 0 Å². The van der Waals surface area contributed by atoms with E-state index in [-0.39, 0.29) is 48.6 Å². The molecule has 0 aromatic carbocycles. The Hall–Kier alpha value is -2.12. The molecule has 304 valence electrons. The molecule has 0 heterocycles. The molecule has 0 aromatic heterocycles. The van der Waals surface area contributed by atoms with Crippen LogP contribution in [0.25, 0.3) is 0 Å². The van der Waals surface area contributed by atoms with Crippen LogP contribution in [-0.4, -0.2) is 49.6 Å². The third-order valence-electron chi connectivity index (χ3n) is 8.91. The van der Waals surface area contributed by atoms with Crippen LogP contribution in [0.2, 0.25) is 0 Å². The van der Waals surface area contributed by atoms with Crippen LogP contribution in [0.1, 0.15) is 216 Å². The minimum absolute atomic E-state index is 0.00208. The average Bonchev–Trinajstić information content (AvgIpc) is 3.14. The van der Waals surface area contributed by atoms with Gasteiger partial charge in [-0.1, -0.05) is 159 Å². The lowest BCUT2D eigenvalue weighted by atomic mass is 9.95. The maximum atomic E-state index is 12.8. The molecule has 3 atom stereocenters. The number of esters is 2. The molecule has 0 saturated heterocycles. The predicted molar refractivity (Wildman–Crippen MR) is 216 cm³/mol. The van der Waals surface area contributed by atoms with E-state index in [4.69, 9.17) is 9.47 Å². The molecule has 0 aromatic rings. The molecule has 0 fully saturated rings. The highest BCUT2D eigenvalue weighted by Gasteiger charge is 2.21. The third-order valence-corrected chi connectivity index (χ3v) is 8.91. The summed E-state index contributed by atoms with van der Waals surface area (Å²) in [5, 5.41) is 5.87. The Bertz CT molecular complexity index is 790. The van der Waals surface area contributed by atoms with E-state index in [9.17, 15) is 19.2 Å². The van der Waals surface area contributed by atoms with Gasteiger partial charge in [-0.15, -0.1) is 0 Å². The summed E-state index contributed by atoms with van der Waals surface area (Å²) in [5.74, 6) is -0.452. The van der Waals surface area contributed by atoms with E-state index in [2.05, 4.69) is 38.3 Å². The maximum absolute atomic E-state index is 12.8. The molecule has 0 aliphatic rings. The van der Waals surface area contributed by atoms with Gasteiger partial charge in [0.15, 0.2) is 0 Å². The second kappa shape index (κ2) is 42.3. The Morgan fingerprint density at radius 2 is 0.922 bits per heavy atom. The molecular weight excluding hydrogens is 640 g/mol. The molecular formula is C43H86N2O6. The van der Waals surface area contributed by atoms with Gasteiger partial charge in [0.05, 0.1) is 25.0 Å². The van der Waals surface area contributed by atoms with Crippen LogP contribution in [0, 0.1) is 11.8 Å². The van der Waals surface area contributed by atoms with Crippen molar-refractivity contribution in [1.29, 1.82) is 0 Å². The van der Waals surface area contributed by atoms with Crippen molar-refractivity contribution in [3.63, 3.8) is 0 Å². The van der Waals surface area contributed by atoms with Gasteiger partial charge in [0.25, 0.3) is 0 Å². The highest BCUT2D eigenvalue weighted by molar-refractivity contribution is 5.87. The first kappa shape index (κ1) is 53.2. The molecule has 8 heteroatoms. The summed E-state index contributed by atoms with van der Waals surface area (Å²) in [5.41, 5.74) is 0. The Kier molecular flexibility index (Phi) is 44.1. The fourth-order valence-corrected chi connectivity index (χ4v) is 5.92. The molecule has 0 bridgehead atoms. The molecule has 0 aliphatic carbocycles.